The van der Waals surface area contributed by atoms with Crippen molar-refractivity contribution in [1.29, 1.82) is 0 Å². The summed E-state index contributed by atoms with van der Waals surface area (Å²) < 4.78 is 0. The minimum absolute atomic E-state index is 0.0355. The van der Waals surface area contributed by atoms with E-state index in [1.165, 1.54) is 35.8 Å². The molecule has 1 aromatic rings. The maximum atomic E-state index is 13.7. The third-order valence-electron chi connectivity index (χ3n) is 7.37. The highest BCUT2D eigenvalue weighted by Crippen LogP contribution is 2.26. The van der Waals surface area contributed by atoms with Crippen LogP contribution in [0.1, 0.15) is 38.7 Å². The highest BCUT2D eigenvalue weighted by atomic mass is 16.3. The molecular formula is C28H39N7O9. The van der Waals surface area contributed by atoms with Crippen molar-refractivity contribution in [2.75, 3.05) is 26.2 Å². The maximum Gasteiger partial charge on any atom is 0.246 e. The van der Waals surface area contributed by atoms with Crippen LogP contribution in [0.15, 0.2) is 24.3 Å². The number of nitrogens with one attached hydrogen (secondary N) is 4. The molecule has 5 atom stereocenters. The first kappa shape index (κ1) is 33.8. The Morgan fingerprint density at radius 2 is 1.66 bits per heavy atom. The number of benzene rings is 1. The molecule has 2 fully saturated rings. The van der Waals surface area contributed by atoms with Crippen molar-refractivity contribution in [3.63, 3.8) is 0 Å². The number of phenols is 1. The highest BCUT2D eigenvalue weighted by Gasteiger charge is 2.46. The molecule has 2 heterocycles. The van der Waals surface area contributed by atoms with Crippen LogP contribution in [-0.4, -0.2) is 118 Å². The molecule has 44 heavy (non-hydrogen) atoms. The predicted octanol–water partition coefficient (Wildman–Crippen LogP) is -3.39. The van der Waals surface area contributed by atoms with E-state index in [0.717, 1.165) is 0 Å². The van der Waals surface area contributed by atoms with E-state index in [9.17, 15) is 43.8 Å². The van der Waals surface area contributed by atoms with Gasteiger partial charge in [0.2, 0.25) is 41.4 Å². The Kier molecular flexibility index (Phi) is 11.6. The molecular weight excluding hydrogens is 578 g/mol. The number of primary amides is 1. The van der Waals surface area contributed by atoms with Crippen molar-refractivity contribution in [3.8, 4) is 5.75 Å². The normalized spacial score (nSPS) is 20.8. The Balaban J connectivity index is 1.64. The van der Waals surface area contributed by atoms with Crippen molar-refractivity contribution in [1.82, 2.24) is 31.1 Å². The lowest BCUT2D eigenvalue weighted by Crippen LogP contribution is -2.57. The molecule has 0 radical (unpaired) electrons. The second kappa shape index (κ2) is 15.1. The molecule has 3 rings (SSSR count). The first-order valence-electron chi connectivity index (χ1n) is 14.2. The van der Waals surface area contributed by atoms with Gasteiger partial charge in [0.15, 0.2) is 0 Å². The molecule has 240 valence electrons. The average molecular weight is 618 g/mol. The molecule has 0 aliphatic carbocycles. The number of β-amino-alcohol motifs (C(OH)–C–C–N with tert-alkyl or cyclic N) is 1. The first-order valence-corrected chi connectivity index (χ1v) is 14.2. The van der Waals surface area contributed by atoms with Crippen molar-refractivity contribution < 1.29 is 43.8 Å². The molecule has 0 bridgehead atoms. The minimum Gasteiger partial charge on any atom is -0.508 e. The lowest BCUT2D eigenvalue weighted by atomic mass is 10.0. The lowest BCUT2D eigenvalue weighted by molar-refractivity contribution is -0.147. The third kappa shape index (κ3) is 9.13. The Labute approximate surface area is 253 Å². The molecule has 16 heteroatoms. The van der Waals surface area contributed by atoms with Crippen LogP contribution in [0.25, 0.3) is 0 Å². The molecule has 0 spiro atoms. The molecule has 0 saturated carbocycles. The Hall–Kier alpha value is -4.73. The summed E-state index contributed by atoms with van der Waals surface area (Å²) in [6.45, 7) is 1.85. The Morgan fingerprint density at radius 1 is 0.977 bits per heavy atom. The zero-order chi connectivity index (χ0) is 32.6. The summed E-state index contributed by atoms with van der Waals surface area (Å²) in [5.41, 5.74) is 5.63. The van der Waals surface area contributed by atoms with Gasteiger partial charge in [0.05, 0.1) is 19.2 Å². The number of aliphatic hydroxyl groups excluding tert-OH is 1. The molecule has 16 nitrogen and oxygen atoms in total. The Bertz CT molecular complexity index is 1270. The van der Waals surface area contributed by atoms with Gasteiger partial charge in [-0.25, -0.2) is 0 Å². The van der Waals surface area contributed by atoms with E-state index in [-0.39, 0.29) is 31.7 Å². The molecule has 2 aliphatic heterocycles. The predicted molar refractivity (Wildman–Crippen MR) is 153 cm³/mol. The average Bonchev–Trinajstić information content (AvgIpc) is 3.61. The number of rotatable bonds is 12. The van der Waals surface area contributed by atoms with Crippen LogP contribution in [0.4, 0.5) is 0 Å². The largest absolute Gasteiger partial charge is 0.508 e. The van der Waals surface area contributed by atoms with Gasteiger partial charge in [-0.2, -0.15) is 0 Å². The number of hydrogen-bond acceptors (Lipinski definition) is 9. The number of carbonyl (C=O) groups is 7. The quantitative estimate of drug-likeness (QED) is 0.124. The van der Waals surface area contributed by atoms with E-state index in [2.05, 4.69) is 21.3 Å². The Morgan fingerprint density at radius 3 is 2.30 bits per heavy atom. The van der Waals surface area contributed by atoms with Gasteiger partial charge in [-0.1, -0.05) is 12.1 Å². The summed E-state index contributed by atoms with van der Waals surface area (Å²) in [4.78, 5) is 89.8. The number of amides is 7. The summed E-state index contributed by atoms with van der Waals surface area (Å²) in [5, 5.41) is 29.7. The number of phenolic OH excluding ortho intramolecular Hbond substituents is 1. The van der Waals surface area contributed by atoms with Gasteiger partial charge in [0.25, 0.3) is 0 Å². The molecule has 0 aromatic heterocycles. The van der Waals surface area contributed by atoms with Crippen molar-refractivity contribution in [2.45, 2.75) is 69.8 Å². The number of carbonyl (C=O) groups excluding carboxylic acids is 7. The molecule has 2 saturated heterocycles. The van der Waals surface area contributed by atoms with Gasteiger partial charge in [-0.3, -0.25) is 33.6 Å². The standard InChI is InChI=1S/C28H39N7O9/c1-15(25(41)30-12-23(29)39)32-24(40)13-31-26(42)21-4-3-9-34(21)28(44)22-11-19(38)14-35(22)27(43)20(33-16(2)36)10-17-5-7-18(37)8-6-17/h5-8,15,19-22,37-38H,3-4,9-14H2,1-2H3,(H2,29,39)(H,30,41)(H,31,42)(H,32,40)(H,33,36). The zero-order valence-corrected chi connectivity index (χ0v) is 24.6. The molecule has 8 N–H and O–H groups in total. The van der Waals surface area contributed by atoms with Crippen molar-refractivity contribution in [2.24, 2.45) is 5.73 Å². The van der Waals surface area contributed by atoms with Gasteiger partial charge in [-0.05, 0) is 37.5 Å². The number of aromatic hydroxyl groups is 1. The van der Waals surface area contributed by atoms with E-state index < -0.39 is 84.7 Å². The van der Waals surface area contributed by atoms with E-state index in [1.807, 2.05) is 0 Å². The summed E-state index contributed by atoms with van der Waals surface area (Å²) in [5.74, 6) is -4.21. The fourth-order valence-corrected chi connectivity index (χ4v) is 5.27. The number of nitrogens with two attached hydrogens (primary N) is 1. The SMILES string of the molecule is CC(=O)NC(Cc1ccc(O)cc1)C(=O)N1CC(O)CC1C(=O)N1CCCC1C(=O)NCC(=O)NC(C)C(=O)NCC(N)=O. The summed E-state index contributed by atoms with van der Waals surface area (Å²) in [7, 11) is 0. The fourth-order valence-electron chi connectivity index (χ4n) is 5.27. The number of aliphatic hydroxyl groups is 1. The highest BCUT2D eigenvalue weighted by molar-refractivity contribution is 5.96. The number of likely N-dealkylation sites (tertiary alicyclic amines) is 2. The third-order valence-corrected chi connectivity index (χ3v) is 7.37. The van der Waals surface area contributed by atoms with Gasteiger partial charge < -0.3 is 47.0 Å². The molecule has 5 unspecified atom stereocenters. The van der Waals surface area contributed by atoms with Gasteiger partial charge in [0.1, 0.15) is 29.9 Å². The van der Waals surface area contributed by atoms with Crippen molar-refractivity contribution in [3.05, 3.63) is 29.8 Å². The van der Waals surface area contributed by atoms with Crippen molar-refractivity contribution >= 4 is 41.4 Å². The van der Waals surface area contributed by atoms with Crippen LogP contribution in [0.5, 0.6) is 5.75 Å². The van der Waals surface area contributed by atoms with Crippen LogP contribution in [0.2, 0.25) is 0 Å². The maximum absolute atomic E-state index is 13.7. The zero-order valence-electron chi connectivity index (χ0n) is 24.6. The van der Waals surface area contributed by atoms with Gasteiger partial charge in [0, 0.05) is 32.9 Å². The van der Waals surface area contributed by atoms with Crippen LogP contribution in [0.3, 0.4) is 0 Å². The molecule has 7 amide bonds. The van der Waals surface area contributed by atoms with Crippen LogP contribution in [-0.2, 0) is 40.0 Å². The minimum atomic E-state index is -1.08. The molecule has 1 aromatic carbocycles. The van der Waals surface area contributed by atoms with Gasteiger partial charge in [-0.15, -0.1) is 0 Å². The topological polar surface area (TPSA) is 241 Å². The van der Waals surface area contributed by atoms with Crippen LogP contribution >= 0.6 is 0 Å². The number of hydrogen-bond donors (Lipinski definition) is 7. The van der Waals surface area contributed by atoms with E-state index in [4.69, 9.17) is 5.73 Å². The molecule has 2 aliphatic rings. The first-order chi connectivity index (χ1) is 20.8. The summed E-state index contributed by atoms with van der Waals surface area (Å²) in [6.07, 6.45) is -0.177. The monoisotopic (exact) mass is 617 g/mol. The van der Waals surface area contributed by atoms with E-state index >= 15 is 0 Å². The smallest absolute Gasteiger partial charge is 0.246 e. The van der Waals surface area contributed by atoms with Crippen LogP contribution in [0, 0.1) is 0 Å². The second-order valence-corrected chi connectivity index (χ2v) is 10.9. The van der Waals surface area contributed by atoms with Gasteiger partial charge >= 0.3 is 0 Å². The van der Waals surface area contributed by atoms with E-state index in [0.29, 0.717) is 18.4 Å². The van der Waals surface area contributed by atoms with E-state index in [1.54, 1.807) is 12.1 Å². The lowest BCUT2D eigenvalue weighted by Gasteiger charge is -2.32. The summed E-state index contributed by atoms with van der Waals surface area (Å²) in [6, 6.07) is 2.04. The second-order valence-electron chi connectivity index (χ2n) is 10.9. The van der Waals surface area contributed by atoms with Crippen LogP contribution < -0.4 is 27.0 Å². The summed E-state index contributed by atoms with van der Waals surface area (Å²) >= 11 is 0. The fraction of sp³-hybridized carbons (Fsp3) is 0.536. The number of nitrogens with zero attached hydrogens (tertiary/aromatic N) is 2.